The van der Waals surface area contributed by atoms with Crippen molar-refractivity contribution in [3.63, 3.8) is 0 Å². The quantitative estimate of drug-likeness (QED) is 0.371. The Bertz CT molecular complexity index is 264. The standard InChI is InChI=1S/C5H10O5S.Li.H/c1-3-5(2,4(6)7)11(8,9)10;;/h3H2,1-2H3,(H,6,7)(H,8,9,10);;/q;+1;-1. The molecule has 0 fully saturated rings. The average molecular weight is 190 g/mol. The third-order valence-electron chi connectivity index (χ3n) is 1.70. The Labute approximate surface area is 84.6 Å². The second kappa shape index (κ2) is 4.28. The van der Waals surface area contributed by atoms with Crippen LogP contribution in [-0.4, -0.2) is 28.8 Å². The van der Waals surface area contributed by atoms with Crippen molar-refractivity contribution in [2.24, 2.45) is 0 Å². The molecule has 1 unspecified atom stereocenters. The van der Waals surface area contributed by atoms with Crippen molar-refractivity contribution in [3.8, 4) is 0 Å². The third-order valence-corrected chi connectivity index (χ3v) is 3.30. The molecule has 5 nitrogen and oxygen atoms in total. The molecule has 0 aliphatic carbocycles. The molecule has 12 heavy (non-hydrogen) atoms. The molecule has 0 aliphatic rings. The Morgan fingerprint density at radius 1 is 1.58 bits per heavy atom. The summed E-state index contributed by atoms with van der Waals surface area (Å²) in [7, 11) is -4.51. The number of aliphatic carboxylic acids is 1. The number of carboxylic acids is 1. The van der Waals surface area contributed by atoms with Gasteiger partial charge < -0.3 is 6.53 Å². The molecule has 0 aromatic heterocycles. The van der Waals surface area contributed by atoms with Crippen LogP contribution in [-0.2, 0) is 14.9 Å². The van der Waals surface area contributed by atoms with Crippen molar-refractivity contribution in [2.45, 2.75) is 25.0 Å². The molecule has 0 saturated heterocycles. The zero-order valence-corrected chi connectivity index (χ0v) is 8.05. The summed E-state index contributed by atoms with van der Waals surface area (Å²) in [6.07, 6.45) is -0.166. The summed E-state index contributed by atoms with van der Waals surface area (Å²) >= 11 is 0. The van der Waals surface area contributed by atoms with Gasteiger partial charge in [-0.2, -0.15) is 8.42 Å². The van der Waals surface area contributed by atoms with Gasteiger partial charge >= 0.3 is 24.8 Å². The molecule has 0 rings (SSSR count). The second-order valence-corrected chi connectivity index (χ2v) is 4.22. The molecule has 0 spiro atoms. The predicted octanol–water partition coefficient (Wildman–Crippen LogP) is -2.76. The normalized spacial score (nSPS) is 15.9. The van der Waals surface area contributed by atoms with Crippen molar-refractivity contribution >= 4 is 16.1 Å². The van der Waals surface area contributed by atoms with Gasteiger partial charge in [0.05, 0.1) is 0 Å². The van der Waals surface area contributed by atoms with Gasteiger partial charge in [-0.1, -0.05) is 6.92 Å². The van der Waals surface area contributed by atoms with E-state index in [-0.39, 0.29) is 26.7 Å². The molecule has 68 valence electrons. The molecule has 0 amide bonds. The number of carbonyl (C=O) groups is 1. The maximum atomic E-state index is 10.5. The third kappa shape index (κ3) is 2.49. The van der Waals surface area contributed by atoms with E-state index < -0.39 is 20.8 Å². The van der Waals surface area contributed by atoms with E-state index in [2.05, 4.69) is 0 Å². The van der Waals surface area contributed by atoms with E-state index in [4.69, 9.17) is 9.66 Å². The van der Waals surface area contributed by atoms with E-state index in [0.717, 1.165) is 6.92 Å². The summed E-state index contributed by atoms with van der Waals surface area (Å²) in [4.78, 5) is 10.4. The van der Waals surface area contributed by atoms with Crippen LogP contribution in [0.15, 0.2) is 0 Å². The van der Waals surface area contributed by atoms with Crippen LogP contribution in [0.2, 0.25) is 0 Å². The zero-order valence-electron chi connectivity index (χ0n) is 8.23. The molecule has 0 heterocycles. The summed E-state index contributed by atoms with van der Waals surface area (Å²) < 4.78 is 27.4. The Balaban J connectivity index is -0.000000500. The average Bonchev–Trinajstić information content (AvgIpc) is 1.83. The van der Waals surface area contributed by atoms with Crippen LogP contribution in [0, 0.1) is 0 Å². The smallest absolute Gasteiger partial charge is 1.00 e. The monoisotopic (exact) mass is 190 g/mol. The van der Waals surface area contributed by atoms with Crippen LogP contribution < -0.4 is 18.9 Å². The number of rotatable bonds is 3. The summed E-state index contributed by atoms with van der Waals surface area (Å²) in [5, 5.41) is 8.43. The van der Waals surface area contributed by atoms with E-state index in [1.807, 2.05) is 0 Å². The Hall–Kier alpha value is -0.0226. The minimum absolute atomic E-state index is 0. The SMILES string of the molecule is CCC(C)(C(=O)O)S(=O)(=O)O.[H-].[Li+]. The van der Waals surface area contributed by atoms with E-state index in [0.29, 0.717) is 0 Å². The van der Waals surface area contributed by atoms with E-state index >= 15 is 0 Å². The molecule has 0 aromatic carbocycles. The zero-order chi connectivity index (χ0) is 9.28. The summed E-state index contributed by atoms with van der Waals surface area (Å²) in [5.41, 5.74) is 0. The second-order valence-electron chi connectivity index (χ2n) is 2.36. The van der Waals surface area contributed by atoms with E-state index in [1.54, 1.807) is 0 Å². The van der Waals surface area contributed by atoms with E-state index in [9.17, 15) is 13.2 Å². The van der Waals surface area contributed by atoms with Crippen LogP contribution in [0.25, 0.3) is 0 Å². The molecule has 0 radical (unpaired) electrons. The van der Waals surface area contributed by atoms with Gasteiger partial charge in [-0.15, -0.1) is 0 Å². The summed E-state index contributed by atoms with van der Waals surface area (Å²) in [6, 6.07) is 0. The fourth-order valence-electron chi connectivity index (χ4n) is 0.444. The topological polar surface area (TPSA) is 91.7 Å². The van der Waals surface area contributed by atoms with Gasteiger partial charge in [0.25, 0.3) is 10.1 Å². The molecule has 0 saturated carbocycles. The predicted molar refractivity (Wildman–Crippen MR) is 39.0 cm³/mol. The van der Waals surface area contributed by atoms with E-state index in [1.165, 1.54) is 6.92 Å². The first-order valence-electron chi connectivity index (χ1n) is 2.96. The molecule has 1 atom stereocenters. The minimum atomic E-state index is -4.51. The van der Waals surface area contributed by atoms with Crippen molar-refractivity contribution in [2.75, 3.05) is 0 Å². The molecular formula is C5H11LiO5S. The summed E-state index contributed by atoms with van der Waals surface area (Å²) in [5.74, 6) is -1.54. The van der Waals surface area contributed by atoms with Crippen molar-refractivity contribution in [3.05, 3.63) is 0 Å². The molecule has 0 aliphatic heterocycles. The van der Waals surface area contributed by atoms with Gasteiger partial charge in [-0.05, 0) is 13.3 Å². The fourth-order valence-corrected chi connectivity index (χ4v) is 1.03. The fraction of sp³-hybridized carbons (Fsp3) is 0.800. The minimum Gasteiger partial charge on any atom is -1.00 e. The number of hydrogen-bond acceptors (Lipinski definition) is 3. The van der Waals surface area contributed by atoms with Crippen molar-refractivity contribution < 1.29 is 43.2 Å². The van der Waals surface area contributed by atoms with Gasteiger partial charge in [0, 0.05) is 0 Å². The molecule has 0 bridgehead atoms. The maximum absolute atomic E-state index is 10.5. The Kier molecular flexibility index (Phi) is 5.17. The first kappa shape index (κ1) is 14.5. The first-order valence-corrected chi connectivity index (χ1v) is 4.40. The van der Waals surface area contributed by atoms with Gasteiger partial charge in [-0.3, -0.25) is 9.35 Å². The van der Waals surface area contributed by atoms with Crippen molar-refractivity contribution in [1.29, 1.82) is 0 Å². The van der Waals surface area contributed by atoms with Gasteiger partial charge in [-0.25, -0.2) is 0 Å². The molecule has 7 heteroatoms. The summed E-state index contributed by atoms with van der Waals surface area (Å²) in [6.45, 7) is 2.34. The number of carboxylic acid groups (broad SMARTS) is 1. The Morgan fingerprint density at radius 3 is 1.92 bits per heavy atom. The molecular weight excluding hydrogens is 179 g/mol. The molecule has 0 aromatic rings. The van der Waals surface area contributed by atoms with Gasteiger partial charge in [0.2, 0.25) is 0 Å². The molecule has 2 N–H and O–H groups in total. The van der Waals surface area contributed by atoms with Crippen LogP contribution in [0.5, 0.6) is 0 Å². The van der Waals surface area contributed by atoms with Gasteiger partial charge in [0.1, 0.15) is 0 Å². The number of hydrogen-bond donors (Lipinski definition) is 2. The van der Waals surface area contributed by atoms with Crippen LogP contribution in [0.1, 0.15) is 21.7 Å². The maximum Gasteiger partial charge on any atom is 1.00 e. The van der Waals surface area contributed by atoms with Crippen molar-refractivity contribution in [1.82, 2.24) is 0 Å². The van der Waals surface area contributed by atoms with Gasteiger partial charge in [0.15, 0.2) is 4.75 Å². The van der Waals surface area contributed by atoms with Crippen LogP contribution >= 0.6 is 0 Å². The first-order chi connectivity index (χ1) is 4.75. The van der Waals surface area contributed by atoms with Crippen LogP contribution in [0.4, 0.5) is 0 Å². The van der Waals surface area contributed by atoms with Crippen LogP contribution in [0.3, 0.4) is 0 Å². The Morgan fingerprint density at radius 2 is 1.92 bits per heavy atom. The largest absolute Gasteiger partial charge is 1.00 e.